The van der Waals surface area contributed by atoms with Crippen LogP contribution in [0.2, 0.25) is 0 Å². The summed E-state index contributed by atoms with van der Waals surface area (Å²) >= 11 is 0. The van der Waals surface area contributed by atoms with Crippen molar-refractivity contribution in [1.82, 2.24) is 15.1 Å². The quantitative estimate of drug-likeness (QED) is 0.444. The van der Waals surface area contributed by atoms with E-state index in [0.29, 0.717) is 49.5 Å². The van der Waals surface area contributed by atoms with Crippen LogP contribution in [-0.4, -0.2) is 46.8 Å². The third kappa shape index (κ3) is 4.81. The lowest BCUT2D eigenvalue weighted by atomic mass is 9.75. The van der Waals surface area contributed by atoms with E-state index >= 15 is 0 Å². The molecule has 2 atom stereocenters. The van der Waals surface area contributed by atoms with Crippen molar-refractivity contribution >= 4 is 29.1 Å². The van der Waals surface area contributed by atoms with Crippen LogP contribution in [0.4, 0.5) is 11.4 Å². The second-order valence-corrected chi connectivity index (χ2v) is 10.3. The molecule has 38 heavy (non-hydrogen) atoms. The average Bonchev–Trinajstić information content (AvgIpc) is 3.44. The SMILES string of the molecule is Cc1ccccc1C(C)CC(NC(=O)c1ccnn1C)C(=O)Nc1ccc2c(c1)NC(=O)C21CCOCC1. The van der Waals surface area contributed by atoms with Gasteiger partial charge in [0.2, 0.25) is 11.8 Å². The lowest BCUT2D eigenvalue weighted by molar-refractivity contribution is -0.124. The molecule has 1 saturated heterocycles. The molecule has 1 fully saturated rings. The summed E-state index contributed by atoms with van der Waals surface area (Å²) in [7, 11) is 1.68. The molecule has 3 aromatic rings. The molecule has 2 aliphatic rings. The maximum absolute atomic E-state index is 13.6. The minimum atomic E-state index is -0.795. The van der Waals surface area contributed by atoms with Crippen molar-refractivity contribution in [1.29, 1.82) is 0 Å². The Morgan fingerprint density at radius 1 is 1.16 bits per heavy atom. The van der Waals surface area contributed by atoms with Gasteiger partial charge in [-0.3, -0.25) is 19.1 Å². The highest BCUT2D eigenvalue weighted by Gasteiger charge is 2.47. The van der Waals surface area contributed by atoms with Crippen LogP contribution in [0, 0.1) is 6.92 Å². The second-order valence-electron chi connectivity index (χ2n) is 10.3. The van der Waals surface area contributed by atoms with E-state index in [0.717, 1.165) is 16.7 Å². The lowest BCUT2D eigenvalue weighted by Gasteiger charge is -2.31. The van der Waals surface area contributed by atoms with Gasteiger partial charge in [-0.25, -0.2) is 0 Å². The zero-order chi connectivity index (χ0) is 26.9. The van der Waals surface area contributed by atoms with E-state index < -0.39 is 11.5 Å². The monoisotopic (exact) mass is 515 g/mol. The van der Waals surface area contributed by atoms with Crippen molar-refractivity contribution in [2.24, 2.45) is 7.05 Å². The smallest absolute Gasteiger partial charge is 0.270 e. The molecule has 3 amide bonds. The number of carbonyl (C=O) groups is 3. The molecule has 3 N–H and O–H groups in total. The van der Waals surface area contributed by atoms with Gasteiger partial charge >= 0.3 is 0 Å². The second kappa shape index (κ2) is 10.4. The minimum absolute atomic E-state index is 0.0199. The summed E-state index contributed by atoms with van der Waals surface area (Å²) in [5.74, 6) is -0.699. The van der Waals surface area contributed by atoms with Crippen LogP contribution in [0.3, 0.4) is 0 Å². The molecule has 9 heteroatoms. The predicted molar refractivity (Wildman–Crippen MR) is 144 cm³/mol. The maximum atomic E-state index is 13.6. The number of hydrogen-bond donors (Lipinski definition) is 3. The van der Waals surface area contributed by atoms with Crippen LogP contribution in [0.1, 0.15) is 59.3 Å². The fourth-order valence-electron chi connectivity index (χ4n) is 5.63. The van der Waals surface area contributed by atoms with Gasteiger partial charge in [-0.15, -0.1) is 0 Å². The molecule has 3 heterocycles. The van der Waals surface area contributed by atoms with Crippen molar-refractivity contribution in [3.05, 3.63) is 77.1 Å². The van der Waals surface area contributed by atoms with Gasteiger partial charge < -0.3 is 20.7 Å². The Bertz CT molecular complexity index is 1370. The summed E-state index contributed by atoms with van der Waals surface area (Å²) in [6.45, 7) is 5.18. The lowest BCUT2D eigenvalue weighted by Crippen LogP contribution is -2.45. The molecule has 1 spiro atoms. The summed E-state index contributed by atoms with van der Waals surface area (Å²) in [6, 6.07) is 14.4. The van der Waals surface area contributed by atoms with Crippen LogP contribution in [-0.2, 0) is 26.8 Å². The van der Waals surface area contributed by atoms with Crippen molar-refractivity contribution in [2.75, 3.05) is 23.8 Å². The largest absolute Gasteiger partial charge is 0.381 e. The Kier molecular flexibility index (Phi) is 7.03. The number of aryl methyl sites for hydroxylation is 2. The number of carbonyl (C=O) groups excluding carboxylic acids is 3. The highest BCUT2D eigenvalue weighted by atomic mass is 16.5. The molecule has 2 aromatic carbocycles. The van der Waals surface area contributed by atoms with E-state index in [1.807, 2.05) is 43.3 Å². The molecule has 0 bridgehead atoms. The highest BCUT2D eigenvalue weighted by molar-refractivity contribution is 6.07. The predicted octanol–water partition coefficient (Wildman–Crippen LogP) is 3.66. The molecule has 0 aliphatic carbocycles. The summed E-state index contributed by atoms with van der Waals surface area (Å²) < 4.78 is 6.96. The zero-order valence-electron chi connectivity index (χ0n) is 21.9. The van der Waals surface area contributed by atoms with Crippen LogP contribution in [0.5, 0.6) is 0 Å². The van der Waals surface area contributed by atoms with Gasteiger partial charge in [0.05, 0.1) is 5.41 Å². The first kappa shape index (κ1) is 25.7. The van der Waals surface area contributed by atoms with Gasteiger partial charge in [-0.05, 0) is 67.0 Å². The fourth-order valence-corrected chi connectivity index (χ4v) is 5.63. The minimum Gasteiger partial charge on any atom is -0.381 e. The standard InChI is InChI=1S/C29H33N5O4/c1-18-6-4-5-7-21(18)19(2)16-24(32-27(36)25-10-13-30-34(25)3)26(35)31-20-8-9-22-23(17-20)33-28(37)29(22)11-14-38-15-12-29/h4-10,13,17,19,24H,11-12,14-16H2,1-3H3,(H,31,35)(H,32,36)(H,33,37). The molecular weight excluding hydrogens is 482 g/mol. The molecule has 0 radical (unpaired) electrons. The van der Waals surface area contributed by atoms with Crippen LogP contribution in [0.25, 0.3) is 0 Å². The number of fused-ring (bicyclic) bond motifs is 2. The summed E-state index contributed by atoms with van der Waals surface area (Å²) in [4.78, 5) is 39.5. The van der Waals surface area contributed by atoms with Crippen molar-refractivity contribution in [2.45, 2.75) is 50.5 Å². The molecule has 0 saturated carbocycles. The fraction of sp³-hybridized carbons (Fsp3) is 0.379. The number of anilines is 2. The van der Waals surface area contributed by atoms with E-state index in [9.17, 15) is 14.4 Å². The first-order valence-corrected chi connectivity index (χ1v) is 13.0. The molecule has 2 unspecified atom stereocenters. The number of hydrogen-bond acceptors (Lipinski definition) is 5. The normalized spacial score (nSPS) is 17.4. The number of nitrogens with one attached hydrogen (secondary N) is 3. The first-order chi connectivity index (χ1) is 18.3. The Morgan fingerprint density at radius 3 is 2.63 bits per heavy atom. The number of rotatable bonds is 7. The van der Waals surface area contributed by atoms with Gasteiger partial charge in [0, 0.05) is 37.8 Å². The van der Waals surface area contributed by atoms with E-state index in [1.54, 1.807) is 25.4 Å². The van der Waals surface area contributed by atoms with Crippen LogP contribution < -0.4 is 16.0 Å². The Hall–Kier alpha value is -3.98. The van der Waals surface area contributed by atoms with Gasteiger partial charge in [0.25, 0.3) is 5.91 Å². The van der Waals surface area contributed by atoms with Crippen molar-refractivity contribution < 1.29 is 19.1 Å². The van der Waals surface area contributed by atoms with Gasteiger partial charge in [-0.2, -0.15) is 5.10 Å². The number of benzene rings is 2. The summed E-state index contributed by atoms with van der Waals surface area (Å²) in [5, 5.41) is 12.9. The van der Waals surface area contributed by atoms with Gasteiger partial charge in [-0.1, -0.05) is 37.3 Å². The van der Waals surface area contributed by atoms with Gasteiger partial charge in [0.1, 0.15) is 11.7 Å². The van der Waals surface area contributed by atoms with Crippen LogP contribution in [0.15, 0.2) is 54.7 Å². The van der Waals surface area contributed by atoms with Gasteiger partial charge in [0.15, 0.2) is 0 Å². The summed E-state index contributed by atoms with van der Waals surface area (Å²) in [5.41, 5.74) is 4.26. The Balaban J connectivity index is 1.37. The topological polar surface area (TPSA) is 114 Å². The van der Waals surface area contributed by atoms with Crippen molar-refractivity contribution in [3.63, 3.8) is 0 Å². The molecule has 5 rings (SSSR count). The zero-order valence-corrected chi connectivity index (χ0v) is 21.9. The molecule has 2 aliphatic heterocycles. The molecular formula is C29H33N5O4. The molecule has 1 aromatic heterocycles. The third-order valence-corrected chi connectivity index (χ3v) is 7.82. The van der Waals surface area contributed by atoms with Crippen molar-refractivity contribution in [3.8, 4) is 0 Å². The van der Waals surface area contributed by atoms with E-state index in [2.05, 4.69) is 28.0 Å². The average molecular weight is 516 g/mol. The summed E-state index contributed by atoms with van der Waals surface area (Å²) in [6.07, 6.45) is 3.22. The number of nitrogens with zero attached hydrogens (tertiary/aromatic N) is 2. The Labute approximate surface area is 221 Å². The number of ether oxygens (including phenoxy) is 1. The first-order valence-electron chi connectivity index (χ1n) is 13.0. The van der Waals surface area contributed by atoms with E-state index in [1.165, 1.54) is 4.68 Å². The highest BCUT2D eigenvalue weighted by Crippen LogP contribution is 2.45. The number of amides is 3. The third-order valence-electron chi connectivity index (χ3n) is 7.82. The maximum Gasteiger partial charge on any atom is 0.270 e. The van der Waals surface area contributed by atoms with E-state index in [4.69, 9.17) is 4.74 Å². The van der Waals surface area contributed by atoms with Crippen LogP contribution >= 0.6 is 0 Å². The Morgan fingerprint density at radius 2 is 1.92 bits per heavy atom. The van der Waals surface area contributed by atoms with E-state index in [-0.39, 0.29) is 23.6 Å². The number of aromatic nitrogens is 2. The molecule has 198 valence electrons. The molecule has 9 nitrogen and oxygen atoms in total.